The molecule has 0 atom stereocenters. The van der Waals surface area contributed by atoms with Gasteiger partial charge < -0.3 is 14.4 Å². The maximum atomic E-state index is 11.0. The first kappa shape index (κ1) is 16.7. The predicted molar refractivity (Wildman–Crippen MR) is 92.7 cm³/mol. The van der Waals surface area contributed by atoms with Crippen LogP contribution in [0.3, 0.4) is 0 Å². The molecule has 0 aliphatic heterocycles. The SMILES string of the molecule is O=Nc1c(O)n(CCOc2ccccc2Cl)c2ccc([N+](=O)[O-])cc12. The van der Waals surface area contributed by atoms with Crippen LogP contribution in [0.15, 0.2) is 47.6 Å². The normalized spacial score (nSPS) is 10.8. The third-order valence-electron chi connectivity index (χ3n) is 3.70. The lowest BCUT2D eigenvalue weighted by molar-refractivity contribution is -0.384. The predicted octanol–water partition coefficient (Wildman–Crippen LogP) is 4.39. The van der Waals surface area contributed by atoms with E-state index in [0.717, 1.165) is 0 Å². The lowest BCUT2D eigenvalue weighted by Gasteiger charge is -2.10. The van der Waals surface area contributed by atoms with E-state index in [1.807, 2.05) is 0 Å². The van der Waals surface area contributed by atoms with E-state index < -0.39 is 4.92 Å². The molecule has 0 fully saturated rings. The summed E-state index contributed by atoms with van der Waals surface area (Å²) in [6.07, 6.45) is 0. The van der Waals surface area contributed by atoms with Gasteiger partial charge in [0.05, 0.1) is 22.0 Å². The van der Waals surface area contributed by atoms with Crippen molar-refractivity contribution >= 4 is 33.9 Å². The molecule has 2 aromatic carbocycles. The highest BCUT2D eigenvalue weighted by Gasteiger charge is 2.20. The molecule has 3 rings (SSSR count). The van der Waals surface area contributed by atoms with Crippen LogP contribution < -0.4 is 4.74 Å². The van der Waals surface area contributed by atoms with Crippen molar-refractivity contribution in [3.63, 3.8) is 0 Å². The minimum absolute atomic E-state index is 0.163. The van der Waals surface area contributed by atoms with Crippen molar-refractivity contribution in [2.24, 2.45) is 5.18 Å². The number of nitroso groups, excluding NO2 is 1. The number of aromatic hydroxyl groups is 1. The van der Waals surface area contributed by atoms with Crippen LogP contribution in [-0.4, -0.2) is 21.2 Å². The number of rotatable bonds is 6. The number of nitro benzene ring substituents is 1. The third kappa shape index (κ3) is 3.11. The second-order valence-corrected chi connectivity index (χ2v) is 5.56. The van der Waals surface area contributed by atoms with Gasteiger partial charge in [-0.25, -0.2) is 0 Å². The second kappa shape index (κ2) is 6.78. The number of hydrogen-bond donors (Lipinski definition) is 1. The highest BCUT2D eigenvalue weighted by atomic mass is 35.5. The topological polar surface area (TPSA) is 107 Å². The van der Waals surface area contributed by atoms with Crippen LogP contribution in [0.1, 0.15) is 0 Å². The molecule has 128 valence electrons. The Morgan fingerprint density at radius 1 is 1.28 bits per heavy atom. The highest BCUT2D eigenvalue weighted by Crippen LogP contribution is 2.40. The minimum atomic E-state index is -0.580. The average molecular weight is 362 g/mol. The molecule has 0 spiro atoms. The van der Waals surface area contributed by atoms with Crippen molar-refractivity contribution in [3.8, 4) is 11.6 Å². The van der Waals surface area contributed by atoms with Crippen LogP contribution in [0, 0.1) is 15.0 Å². The summed E-state index contributed by atoms with van der Waals surface area (Å²) in [7, 11) is 0. The number of fused-ring (bicyclic) bond motifs is 1. The van der Waals surface area contributed by atoms with Crippen molar-refractivity contribution in [2.75, 3.05) is 6.61 Å². The van der Waals surface area contributed by atoms with E-state index in [-0.39, 0.29) is 35.8 Å². The van der Waals surface area contributed by atoms with E-state index in [4.69, 9.17) is 16.3 Å². The number of nitro groups is 1. The van der Waals surface area contributed by atoms with Crippen molar-refractivity contribution in [2.45, 2.75) is 6.54 Å². The molecule has 0 unspecified atom stereocenters. The first-order valence-corrected chi connectivity index (χ1v) is 7.61. The van der Waals surface area contributed by atoms with Crippen molar-refractivity contribution < 1.29 is 14.8 Å². The number of ether oxygens (including phenoxy) is 1. The summed E-state index contributed by atoms with van der Waals surface area (Å²) in [5, 5.41) is 24.6. The number of para-hydroxylation sites is 1. The van der Waals surface area contributed by atoms with Crippen molar-refractivity contribution in [3.05, 3.63) is 62.5 Å². The summed E-state index contributed by atoms with van der Waals surface area (Å²) in [6, 6.07) is 10.9. The molecule has 0 bridgehead atoms. The maximum absolute atomic E-state index is 11.0. The lowest BCUT2D eigenvalue weighted by atomic mass is 10.2. The molecule has 25 heavy (non-hydrogen) atoms. The Hall–Kier alpha value is -3.13. The Kier molecular flexibility index (Phi) is 4.53. The number of hydrogen-bond acceptors (Lipinski definition) is 6. The van der Waals surface area contributed by atoms with Gasteiger partial charge in [0.25, 0.3) is 5.69 Å². The smallest absolute Gasteiger partial charge is 0.270 e. The van der Waals surface area contributed by atoms with Gasteiger partial charge in [0.2, 0.25) is 5.88 Å². The lowest BCUT2D eigenvalue weighted by Crippen LogP contribution is -2.08. The van der Waals surface area contributed by atoms with Gasteiger partial charge >= 0.3 is 0 Å². The summed E-state index contributed by atoms with van der Waals surface area (Å²) in [4.78, 5) is 21.3. The first-order valence-electron chi connectivity index (χ1n) is 7.23. The number of halogens is 1. The fourth-order valence-corrected chi connectivity index (χ4v) is 2.74. The molecule has 0 aliphatic carbocycles. The van der Waals surface area contributed by atoms with Crippen LogP contribution in [0.25, 0.3) is 10.9 Å². The Balaban J connectivity index is 1.91. The molecular formula is C16H12ClN3O5. The molecule has 1 heterocycles. The van der Waals surface area contributed by atoms with E-state index in [0.29, 0.717) is 16.3 Å². The Bertz CT molecular complexity index is 970. The summed E-state index contributed by atoms with van der Waals surface area (Å²) in [5.74, 6) is 0.123. The Morgan fingerprint density at radius 2 is 2.04 bits per heavy atom. The molecule has 0 amide bonds. The monoisotopic (exact) mass is 361 g/mol. The molecule has 0 aliphatic rings. The summed E-state index contributed by atoms with van der Waals surface area (Å²) in [6.45, 7) is 0.358. The number of aromatic nitrogens is 1. The summed E-state index contributed by atoms with van der Waals surface area (Å²) >= 11 is 6.00. The van der Waals surface area contributed by atoms with E-state index in [2.05, 4.69) is 5.18 Å². The number of benzene rings is 2. The Morgan fingerprint density at radius 3 is 2.72 bits per heavy atom. The minimum Gasteiger partial charge on any atom is -0.493 e. The van der Waals surface area contributed by atoms with Gasteiger partial charge in [-0.2, -0.15) is 0 Å². The van der Waals surface area contributed by atoms with Crippen molar-refractivity contribution in [1.82, 2.24) is 4.57 Å². The van der Waals surface area contributed by atoms with Gasteiger partial charge in [-0.15, -0.1) is 4.91 Å². The summed E-state index contributed by atoms with van der Waals surface area (Å²) in [5.41, 5.74) is 0.0127. The van der Waals surface area contributed by atoms with E-state index >= 15 is 0 Å². The zero-order valence-corrected chi connectivity index (χ0v) is 13.5. The largest absolute Gasteiger partial charge is 0.493 e. The molecule has 1 N–H and O–H groups in total. The van der Waals surface area contributed by atoms with Gasteiger partial charge in [0, 0.05) is 17.5 Å². The molecule has 0 saturated carbocycles. The molecule has 3 aromatic rings. The van der Waals surface area contributed by atoms with Gasteiger partial charge in [-0.05, 0) is 23.4 Å². The molecule has 8 nitrogen and oxygen atoms in total. The van der Waals surface area contributed by atoms with Gasteiger partial charge in [-0.3, -0.25) is 10.1 Å². The molecule has 9 heteroatoms. The fraction of sp³-hybridized carbons (Fsp3) is 0.125. The molecular weight excluding hydrogens is 350 g/mol. The number of nitrogens with zero attached hydrogens (tertiary/aromatic N) is 3. The van der Waals surface area contributed by atoms with Crippen LogP contribution in [-0.2, 0) is 6.54 Å². The summed E-state index contributed by atoms with van der Waals surface area (Å²) < 4.78 is 6.98. The fourth-order valence-electron chi connectivity index (χ4n) is 2.55. The Labute approximate surface area is 146 Å². The third-order valence-corrected chi connectivity index (χ3v) is 4.02. The van der Waals surface area contributed by atoms with E-state index in [9.17, 15) is 20.1 Å². The van der Waals surface area contributed by atoms with Gasteiger partial charge in [0.1, 0.15) is 12.4 Å². The zero-order chi connectivity index (χ0) is 18.0. The molecule has 1 aromatic heterocycles. The maximum Gasteiger partial charge on any atom is 0.270 e. The van der Waals surface area contributed by atoms with Gasteiger partial charge in [0.15, 0.2) is 5.69 Å². The quantitative estimate of drug-likeness (QED) is 0.398. The van der Waals surface area contributed by atoms with Crippen LogP contribution >= 0.6 is 11.6 Å². The first-order chi connectivity index (χ1) is 12.0. The van der Waals surface area contributed by atoms with E-state index in [1.165, 1.54) is 22.8 Å². The standard InChI is InChI=1S/C16H12ClN3O5/c17-12-3-1-2-4-14(12)25-8-7-19-13-6-5-10(20(23)24)9-11(13)15(18-22)16(19)21/h1-6,9,21H,7-8H2. The zero-order valence-electron chi connectivity index (χ0n) is 12.8. The van der Waals surface area contributed by atoms with Crippen molar-refractivity contribution in [1.29, 1.82) is 0 Å². The van der Waals surface area contributed by atoms with Crippen LogP contribution in [0.5, 0.6) is 11.6 Å². The molecule has 0 radical (unpaired) electrons. The number of non-ortho nitro benzene ring substituents is 1. The van der Waals surface area contributed by atoms with Crippen LogP contribution in [0.2, 0.25) is 5.02 Å². The average Bonchev–Trinajstić information content (AvgIpc) is 2.87. The van der Waals surface area contributed by atoms with Gasteiger partial charge in [-0.1, -0.05) is 23.7 Å². The second-order valence-electron chi connectivity index (χ2n) is 5.15. The highest BCUT2D eigenvalue weighted by molar-refractivity contribution is 6.32. The van der Waals surface area contributed by atoms with E-state index in [1.54, 1.807) is 24.3 Å². The van der Waals surface area contributed by atoms with Crippen LogP contribution in [0.4, 0.5) is 11.4 Å². The molecule has 0 saturated heterocycles.